The summed E-state index contributed by atoms with van der Waals surface area (Å²) in [6.45, 7) is 1.68. The Morgan fingerprint density at radius 3 is 2.63 bits per heavy atom. The largest absolute Gasteiger partial charge is 0.417 e. The van der Waals surface area contributed by atoms with Gasteiger partial charge in [-0.05, 0) is 35.4 Å². The van der Waals surface area contributed by atoms with Crippen LogP contribution in [0.2, 0.25) is 5.02 Å². The van der Waals surface area contributed by atoms with E-state index < -0.39 is 21.6 Å². The van der Waals surface area contributed by atoms with Crippen LogP contribution in [0.3, 0.4) is 0 Å². The molecule has 0 radical (unpaired) electrons. The zero-order valence-electron chi connectivity index (χ0n) is 15.9. The Kier molecular flexibility index (Phi) is 5.24. The lowest BCUT2D eigenvalue weighted by atomic mass is 10.0. The highest BCUT2D eigenvalue weighted by atomic mass is 35.5. The molecule has 1 aliphatic rings. The summed E-state index contributed by atoms with van der Waals surface area (Å²) in [5.74, 6) is 0. The van der Waals surface area contributed by atoms with Gasteiger partial charge in [-0.15, -0.1) is 0 Å². The van der Waals surface area contributed by atoms with Crippen LogP contribution in [0.5, 0.6) is 0 Å². The van der Waals surface area contributed by atoms with Crippen LogP contribution in [0.4, 0.5) is 13.2 Å². The smallest absolute Gasteiger partial charge is 0.294 e. The fourth-order valence-corrected chi connectivity index (χ4v) is 4.45. The van der Waals surface area contributed by atoms with Crippen molar-refractivity contribution in [1.29, 1.82) is 0 Å². The topological polar surface area (TPSA) is 63.2 Å². The van der Waals surface area contributed by atoms with Crippen molar-refractivity contribution >= 4 is 32.5 Å². The van der Waals surface area contributed by atoms with Crippen molar-refractivity contribution in [2.24, 2.45) is 0 Å². The van der Waals surface area contributed by atoms with Crippen LogP contribution in [0.15, 0.2) is 41.4 Å². The maximum Gasteiger partial charge on any atom is 0.417 e. The average Bonchev–Trinajstić information content (AvgIpc) is 2.66. The van der Waals surface area contributed by atoms with Gasteiger partial charge in [0.1, 0.15) is 0 Å². The first-order valence-electron chi connectivity index (χ1n) is 9.07. The summed E-state index contributed by atoms with van der Waals surface area (Å²) in [4.78, 5) is 10.6. The van der Waals surface area contributed by atoms with Crippen molar-refractivity contribution in [3.8, 4) is 0 Å². The third kappa shape index (κ3) is 4.28. The molecule has 2 aromatic heterocycles. The van der Waals surface area contributed by atoms with Gasteiger partial charge in [0.25, 0.3) is 0 Å². The van der Waals surface area contributed by atoms with E-state index in [2.05, 4.69) is 14.9 Å². The van der Waals surface area contributed by atoms with Crippen LogP contribution in [0, 0.1) is 0 Å². The number of alkyl halides is 3. The van der Waals surface area contributed by atoms with Gasteiger partial charge < -0.3 is 0 Å². The number of rotatable bonds is 3. The summed E-state index contributed by atoms with van der Waals surface area (Å²) in [6, 6.07) is 7.42. The normalized spacial score (nSPS) is 15.4. The standard InChI is InChI=1S/C20H17ClF3N3O2S/c1-30(28,29)16-3-2-12(17(21)8-16)10-27-5-4-18-14(11-27)6-13-7-15(20(22,23)24)9-25-19(13)26-18/h2-3,6-9H,4-5,10-11H2,1H3. The number of pyridine rings is 2. The first-order valence-corrected chi connectivity index (χ1v) is 11.3. The molecular weight excluding hydrogens is 439 g/mol. The van der Waals surface area contributed by atoms with Crippen molar-refractivity contribution < 1.29 is 21.6 Å². The number of fused-ring (bicyclic) bond motifs is 2. The van der Waals surface area contributed by atoms with E-state index in [0.717, 1.165) is 35.3 Å². The van der Waals surface area contributed by atoms with Gasteiger partial charge in [0.15, 0.2) is 15.5 Å². The fraction of sp³-hybridized carbons (Fsp3) is 0.300. The zero-order chi connectivity index (χ0) is 21.7. The molecule has 0 saturated heterocycles. The molecular formula is C20H17ClF3N3O2S. The molecule has 0 unspecified atom stereocenters. The number of nitrogens with zero attached hydrogens (tertiary/aromatic N) is 3. The molecule has 0 amide bonds. The summed E-state index contributed by atoms with van der Waals surface area (Å²) in [5, 5.41) is 0.709. The average molecular weight is 456 g/mol. The van der Waals surface area contributed by atoms with Crippen LogP contribution < -0.4 is 0 Å². The Morgan fingerprint density at radius 2 is 1.97 bits per heavy atom. The lowest BCUT2D eigenvalue weighted by Crippen LogP contribution is -2.30. The number of sulfone groups is 1. The van der Waals surface area contributed by atoms with E-state index in [1.807, 2.05) is 0 Å². The van der Waals surface area contributed by atoms with E-state index >= 15 is 0 Å². The van der Waals surface area contributed by atoms with Crippen LogP contribution in [0.1, 0.15) is 22.4 Å². The number of hydrogen-bond acceptors (Lipinski definition) is 5. The first-order chi connectivity index (χ1) is 14.0. The lowest BCUT2D eigenvalue weighted by molar-refractivity contribution is -0.137. The fourth-order valence-electron chi connectivity index (χ4n) is 3.50. The van der Waals surface area contributed by atoms with Crippen LogP contribution >= 0.6 is 11.6 Å². The Labute approximate surface area is 176 Å². The van der Waals surface area contributed by atoms with E-state index in [1.165, 1.54) is 12.1 Å². The molecule has 1 aliphatic heterocycles. The molecule has 5 nitrogen and oxygen atoms in total. The van der Waals surface area contributed by atoms with Crippen molar-refractivity contribution in [2.75, 3.05) is 12.8 Å². The van der Waals surface area contributed by atoms with E-state index in [9.17, 15) is 21.6 Å². The van der Waals surface area contributed by atoms with Crippen molar-refractivity contribution in [1.82, 2.24) is 14.9 Å². The van der Waals surface area contributed by atoms with Gasteiger partial charge in [-0.25, -0.2) is 18.4 Å². The van der Waals surface area contributed by atoms with Gasteiger partial charge in [-0.2, -0.15) is 13.2 Å². The summed E-state index contributed by atoms with van der Waals surface area (Å²) in [6.07, 6.45) is -1.90. The Balaban J connectivity index is 1.59. The third-order valence-electron chi connectivity index (χ3n) is 5.07. The first kappa shape index (κ1) is 21.0. The zero-order valence-corrected chi connectivity index (χ0v) is 17.4. The minimum absolute atomic E-state index is 0.156. The van der Waals surface area contributed by atoms with Gasteiger partial charge in [0, 0.05) is 54.6 Å². The van der Waals surface area contributed by atoms with Crippen LogP contribution in [-0.2, 0) is 35.5 Å². The quantitative estimate of drug-likeness (QED) is 0.590. The lowest BCUT2D eigenvalue weighted by Gasteiger charge is -2.28. The predicted molar refractivity (Wildman–Crippen MR) is 107 cm³/mol. The molecule has 0 saturated carbocycles. The van der Waals surface area contributed by atoms with Crippen LogP contribution in [-0.4, -0.2) is 36.1 Å². The van der Waals surface area contributed by atoms with E-state index in [-0.39, 0.29) is 4.90 Å². The monoisotopic (exact) mass is 455 g/mol. The second-order valence-electron chi connectivity index (χ2n) is 7.35. The second kappa shape index (κ2) is 7.47. The van der Waals surface area contributed by atoms with E-state index in [1.54, 1.807) is 12.1 Å². The molecule has 0 N–H and O–H groups in total. The maximum absolute atomic E-state index is 13.0. The highest BCUT2D eigenvalue weighted by Crippen LogP contribution is 2.31. The molecule has 1 aromatic carbocycles. The van der Waals surface area contributed by atoms with E-state index in [4.69, 9.17) is 11.6 Å². The molecule has 0 aliphatic carbocycles. The second-order valence-corrected chi connectivity index (χ2v) is 9.77. The van der Waals surface area contributed by atoms with Gasteiger partial charge in [0.2, 0.25) is 0 Å². The van der Waals surface area contributed by atoms with Crippen molar-refractivity contribution in [3.63, 3.8) is 0 Å². The Hall–Kier alpha value is -2.23. The van der Waals surface area contributed by atoms with Gasteiger partial charge in [0.05, 0.1) is 10.5 Å². The van der Waals surface area contributed by atoms with Gasteiger partial charge in [-0.1, -0.05) is 17.7 Å². The molecule has 10 heteroatoms. The highest BCUT2D eigenvalue weighted by molar-refractivity contribution is 7.90. The Bertz CT molecular complexity index is 1250. The molecule has 4 rings (SSSR count). The molecule has 30 heavy (non-hydrogen) atoms. The number of aromatic nitrogens is 2. The molecule has 0 atom stereocenters. The molecule has 3 heterocycles. The van der Waals surface area contributed by atoms with Gasteiger partial charge in [-0.3, -0.25) is 4.90 Å². The molecule has 0 fully saturated rings. The minimum Gasteiger partial charge on any atom is -0.294 e. The minimum atomic E-state index is -4.46. The SMILES string of the molecule is CS(=O)(=O)c1ccc(CN2CCc3nc4ncc(C(F)(F)F)cc4cc3C2)c(Cl)c1. The third-order valence-corrected chi connectivity index (χ3v) is 6.53. The molecule has 158 valence electrons. The highest BCUT2D eigenvalue weighted by Gasteiger charge is 2.31. The molecule has 0 spiro atoms. The summed E-state index contributed by atoms with van der Waals surface area (Å²) in [5.41, 5.74) is 1.95. The molecule has 0 bridgehead atoms. The number of benzene rings is 1. The van der Waals surface area contributed by atoms with Crippen molar-refractivity contribution in [3.05, 3.63) is 63.9 Å². The van der Waals surface area contributed by atoms with Crippen LogP contribution in [0.25, 0.3) is 11.0 Å². The number of halogens is 4. The Morgan fingerprint density at radius 1 is 1.20 bits per heavy atom. The summed E-state index contributed by atoms with van der Waals surface area (Å²) >= 11 is 6.27. The van der Waals surface area contributed by atoms with Gasteiger partial charge >= 0.3 is 6.18 Å². The number of hydrogen-bond donors (Lipinski definition) is 0. The van der Waals surface area contributed by atoms with E-state index in [0.29, 0.717) is 42.1 Å². The maximum atomic E-state index is 13.0. The summed E-state index contributed by atoms with van der Waals surface area (Å²) in [7, 11) is -3.34. The predicted octanol–water partition coefficient (Wildman–Crippen LogP) is 4.26. The van der Waals surface area contributed by atoms with Crippen molar-refractivity contribution in [2.45, 2.75) is 30.6 Å². The summed E-state index contributed by atoms with van der Waals surface area (Å²) < 4.78 is 62.3. The molecule has 3 aromatic rings.